The van der Waals surface area contributed by atoms with Crippen LogP contribution >= 0.6 is 0 Å². The molecule has 2 aromatic rings. The number of likely N-dealkylation sites (tertiary alicyclic amines) is 1. The zero-order chi connectivity index (χ0) is 20.7. The maximum Gasteiger partial charge on any atom is 0.251 e. The van der Waals surface area contributed by atoms with Gasteiger partial charge in [-0.05, 0) is 63.5 Å². The third kappa shape index (κ3) is 5.73. The zero-order valence-electron chi connectivity index (χ0n) is 17.7. The lowest BCUT2D eigenvalue weighted by molar-refractivity contribution is 0.0797. The van der Waals surface area contributed by atoms with Crippen LogP contribution in [0.4, 0.5) is 0 Å². The van der Waals surface area contributed by atoms with Gasteiger partial charge >= 0.3 is 0 Å². The maximum atomic E-state index is 12.7. The fourth-order valence-corrected chi connectivity index (χ4v) is 3.67. The average Bonchev–Trinajstić information content (AvgIpc) is 2.77. The number of ether oxygens (including phenoxy) is 2. The van der Waals surface area contributed by atoms with E-state index in [1.165, 1.54) is 19.3 Å². The van der Waals surface area contributed by atoms with E-state index in [0.717, 1.165) is 18.7 Å². The number of nitrogens with zero attached hydrogens (tertiary/aromatic N) is 1. The normalized spacial score (nSPS) is 15.0. The smallest absolute Gasteiger partial charge is 0.251 e. The minimum Gasteiger partial charge on any atom is -0.493 e. The van der Waals surface area contributed by atoms with Crippen molar-refractivity contribution >= 4 is 5.91 Å². The molecule has 0 aromatic heterocycles. The summed E-state index contributed by atoms with van der Waals surface area (Å²) >= 11 is 0. The highest BCUT2D eigenvalue weighted by atomic mass is 16.5. The van der Waals surface area contributed by atoms with Crippen LogP contribution < -0.4 is 14.8 Å². The Kier molecular flexibility index (Phi) is 7.15. The second kappa shape index (κ2) is 9.79. The highest BCUT2D eigenvalue weighted by molar-refractivity contribution is 5.94. The molecule has 0 spiro atoms. The molecular weight excluding hydrogens is 364 g/mol. The Bertz CT molecular complexity index is 799. The van der Waals surface area contributed by atoms with Crippen LogP contribution in [0, 0.1) is 0 Å². The Balaban J connectivity index is 1.60. The summed E-state index contributed by atoms with van der Waals surface area (Å²) in [6, 6.07) is 15.3. The van der Waals surface area contributed by atoms with E-state index in [2.05, 4.69) is 24.1 Å². The lowest BCUT2D eigenvalue weighted by Gasteiger charge is -2.41. The fourth-order valence-electron chi connectivity index (χ4n) is 3.67. The Morgan fingerprint density at radius 2 is 1.76 bits per heavy atom. The summed E-state index contributed by atoms with van der Waals surface area (Å²) in [5.41, 5.74) is 1.60. The number of amides is 1. The highest BCUT2D eigenvalue weighted by Gasteiger charge is 2.28. The Morgan fingerprint density at radius 3 is 2.45 bits per heavy atom. The number of rotatable bonds is 8. The first-order valence-electron chi connectivity index (χ1n) is 10.4. The predicted molar refractivity (Wildman–Crippen MR) is 116 cm³/mol. The van der Waals surface area contributed by atoms with Gasteiger partial charge in [-0.3, -0.25) is 9.69 Å². The van der Waals surface area contributed by atoms with Crippen molar-refractivity contribution in [3.8, 4) is 11.5 Å². The molecule has 0 radical (unpaired) electrons. The number of methoxy groups -OCH3 is 1. The van der Waals surface area contributed by atoms with Crippen molar-refractivity contribution in [3.05, 3.63) is 59.7 Å². The van der Waals surface area contributed by atoms with Gasteiger partial charge in [0.1, 0.15) is 6.61 Å². The summed E-state index contributed by atoms with van der Waals surface area (Å²) in [4.78, 5) is 15.2. The molecule has 1 aliphatic heterocycles. The minimum atomic E-state index is -0.0945. The SMILES string of the molecule is COc1cc(C(=O)NCC(C)(C)N2CCCCC2)ccc1OCc1ccccc1. The molecule has 1 N–H and O–H groups in total. The summed E-state index contributed by atoms with van der Waals surface area (Å²) in [5.74, 6) is 1.09. The van der Waals surface area contributed by atoms with Gasteiger partial charge < -0.3 is 14.8 Å². The van der Waals surface area contributed by atoms with Gasteiger partial charge in [0, 0.05) is 17.6 Å². The van der Waals surface area contributed by atoms with Crippen molar-refractivity contribution in [1.82, 2.24) is 10.2 Å². The maximum absolute atomic E-state index is 12.7. The molecule has 5 nitrogen and oxygen atoms in total. The van der Waals surface area contributed by atoms with E-state index in [0.29, 0.717) is 30.2 Å². The first-order valence-corrected chi connectivity index (χ1v) is 10.4. The molecule has 29 heavy (non-hydrogen) atoms. The molecule has 1 amide bonds. The van der Waals surface area contributed by atoms with Gasteiger partial charge in [-0.15, -0.1) is 0 Å². The molecule has 0 aliphatic carbocycles. The molecule has 156 valence electrons. The minimum absolute atomic E-state index is 0.0566. The van der Waals surface area contributed by atoms with E-state index in [-0.39, 0.29) is 11.4 Å². The molecular formula is C24H32N2O3. The summed E-state index contributed by atoms with van der Waals surface area (Å²) in [6.45, 7) is 7.65. The van der Waals surface area contributed by atoms with E-state index < -0.39 is 0 Å². The molecule has 1 heterocycles. The molecule has 2 aromatic carbocycles. The molecule has 5 heteroatoms. The van der Waals surface area contributed by atoms with Crippen LogP contribution in [0.25, 0.3) is 0 Å². The number of carbonyl (C=O) groups excluding carboxylic acids is 1. The quantitative estimate of drug-likeness (QED) is 0.724. The summed E-state index contributed by atoms with van der Waals surface area (Å²) in [7, 11) is 1.59. The first kappa shape index (κ1) is 21.2. The van der Waals surface area contributed by atoms with Crippen molar-refractivity contribution in [1.29, 1.82) is 0 Å². The highest BCUT2D eigenvalue weighted by Crippen LogP contribution is 2.29. The van der Waals surface area contributed by atoms with Crippen LogP contribution in [0.1, 0.15) is 49.0 Å². The number of nitrogens with one attached hydrogen (secondary N) is 1. The standard InChI is InChI=1S/C24H32N2O3/c1-24(2,26-14-8-5-9-15-26)18-25-23(27)20-12-13-21(22(16-20)28-3)29-17-19-10-6-4-7-11-19/h4,6-7,10-13,16H,5,8-9,14-15,17-18H2,1-3H3,(H,25,27). The molecule has 1 fully saturated rings. The van der Waals surface area contributed by atoms with Crippen LogP contribution in [-0.4, -0.2) is 43.1 Å². The van der Waals surface area contributed by atoms with Crippen molar-refractivity contribution < 1.29 is 14.3 Å². The fraction of sp³-hybridized carbons (Fsp3) is 0.458. The van der Waals surface area contributed by atoms with Crippen molar-refractivity contribution in [3.63, 3.8) is 0 Å². The number of hydrogen-bond acceptors (Lipinski definition) is 4. The van der Waals surface area contributed by atoms with Gasteiger partial charge in [-0.25, -0.2) is 0 Å². The Hall–Kier alpha value is -2.53. The first-order chi connectivity index (χ1) is 14.0. The second-order valence-electron chi connectivity index (χ2n) is 8.18. The predicted octanol–water partition coefficient (Wildman–Crippen LogP) is 4.27. The largest absolute Gasteiger partial charge is 0.493 e. The average molecular weight is 397 g/mol. The van der Waals surface area contributed by atoms with Crippen LogP contribution in [-0.2, 0) is 6.61 Å². The van der Waals surface area contributed by atoms with Crippen molar-refractivity contribution in [2.45, 2.75) is 45.3 Å². The third-order valence-electron chi connectivity index (χ3n) is 5.56. The Morgan fingerprint density at radius 1 is 1.03 bits per heavy atom. The van der Waals surface area contributed by atoms with Crippen LogP contribution in [0.2, 0.25) is 0 Å². The molecule has 0 bridgehead atoms. The van der Waals surface area contributed by atoms with E-state index in [9.17, 15) is 4.79 Å². The van der Waals surface area contributed by atoms with E-state index in [1.807, 2.05) is 30.3 Å². The molecule has 1 saturated heterocycles. The van der Waals surface area contributed by atoms with Gasteiger partial charge in [0.25, 0.3) is 5.91 Å². The lowest BCUT2D eigenvalue weighted by Crippen LogP contribution is -2.53. The number of benzene rings is 2. The topological polar surface area (TPSA) is 50.8 Å². The van der Waals surface area contributed by atoms with Crippen LogP contribution in [0.5, 0.6) is 11.5 Å². The molecule has 0 saturated carbocycles. The number of piperidine rings is 1. The van der Waals surface area contributed by atoms with Gasteiger partial charge in [0.2, 0.25) is 0 Å². The molecule has 0 unspecified atom stereocenters. The van der Waals surface area contributed by atoms with E-state index in [1.54, 1.807) is 25.3 Å². The van der Waals surface area contributed by atoms with Crippen molar-refractivity contribution in [2.24, 2.45) is 0 Å². The summed E-state index contributed by atoms with van der Waals surface area (Å²) < 4.78 is 11.3. The number of hydrogen-bond donors (Lipinski definition) is 1. The second-order valence-corrected chi connectivity index (χ2v) is 8.18. The van der Waals surface area contributed by atoms with Crippen LogP contribution in [0.3, 0.4) is 0 Å². The number of carbonyl (C=O) groups is 1. The van der Waals surface area contributed by atoms with Crippen molar-refractivity contribution in [2.75, 3.05) is 26.7 Å². The Labute approximate surface area is 174 Å². The molecule has 3 rings (SSSR count). The third-order valence-corrected chi connectivity index (χ3v) is 5.56. The van der Waals surface area contributed by atoms with Crippen LogP contribution in [0.15, 0.2) is 48.5 Å². The van der Waals surface area contributed by atoms with E-state index >= 15 is 0 Å². The van der Waals surface area contributed by atoms with Gasteiger partial charge in [-0.2, -0.15) is 0 Å². The van der Waals surface area contributed by atoms with Gasteiger partial charge in [0.15, 0.2) is 11.5 Å². The zero-order valence-corrected chi connectivity index (χ0v) is 17.7. The van der Waals surface area contributed by atoms with Gasteiger partial charge in [-0.1, -0.05) is 36.8 Å². The lowest BCUT2D eigenvalue weighted by atomic mass is 9.98. The molecule has 0 atom stereocenters. The molecule has 1 aliphatic rings. The monoisotopic (exact) mass is 396 g/mol. The van der Waals surface area contributed by atoms with E-state index in [4.69, 9.17) is 9.47 Å². The van der Waals surface area contributed by atoms with Gasteiger partial charge in [0.05, 0.1) is 7.11 Å². The summed E-state index contributed by atoms with van der Waals surface area (Å²) in [6.07, 6.45) is 3.77. The summed E-state index contributed by atoms with van der Waals surface area (Å²) in [5, 5.41) is 3.09.